The van der Waals surface area contributed by atoms with Crippen LogP contribution in [0.3, 0.4) is 0 Å². The highest BCUT2D eigenvalue weighted by molar-refractivity contribution is 9.10. The average molecular weight is 351 g/mol. The van der Waals surface area contributed by atoms with E-state index in [1.807, 2.05) is 6.92 Å². The van der Waals surface area contributed by atoms with Crippen LogP contribution in [0.25, 0.3) is 0 Å². The standard InChI is InChI=1S/C16H16BrFN2O/c1-2-9-20(12-6-3-5-11(19)10-12)16(21)15-13(17)7-4-8-14(15)18/h3-8,10H,2,9,19H2,1H3. The predicted octanol–water partition coefficient (Wildman–Crippen LogP) is 4.23. The van der Waals surface area contributed by atoms with E-state index in [0.29, 0.717) is 22.4 Å². The quantitative estimate of drug-likeness (QED) is 0.838. The van der Waals surface area contributed by atoms with Gasteiger partial charge in [-0.15, -0.1) is 0 Å². The second-order valence-electron chi connectivity index (χ2n) is 4.65. The highest BCUT2D eigenvalue weighted by Crippen LogP contribution is 2.25. The van der Waals surface area contributed by atoms with Crippen LogP contribution in [0.4, 0.5) is 15.8 Å². The molecule has 0 aliphatic carbocycles. The molecular weight excluding hydrogens is 335 g/mol. The number of nitrogens with zero attached hydrogens (tertiary/aromatic N) is 1. The summed E-state index contributed by atoms with van der Waals surface area (Å²) < 4.78 is 14.4. The number of amides is 1. The molecule has 0 aliphatic heterocycles. The van der Waals surface area contributed by atoms with Gasteiger partial charge in [0.1, 0.15) is 5.82 Å². The first-order chi connectivity index (χ1) is 10.0. The lowest BCUT2D eigenvalue weighted by Crippen LogP contribution is -2.32. The summed E-state index contributed by atoms with van der Waals surface area (Å²) in [7, 11) is 0. The van der Waals surface area contributed by atoms with Crippen molar-refractivity contribution in [2.45, 2.75) is 13.3 Å². The number of rotatable bonds is 4. The summed E-state index contributed by atoms with van der Waals surface area (Å²) in [4.78, 5) is 14.2. The Hall–Kier alpha value is -1.88. The van der Waals surface area contributed by atoms with Gasteiger partial charge < -0.3 is 10.6 Å². The minimum absolute atomic E-state index is 0.0355. The van der Waals surface area contributed by atoms with Gasteiger partial charge in [0.05, 0.1) is 5.56 Å². The number of benzene rings is 2. The maximum Gasteiger partial charge on any atom is 0.262 e. The molecule has 0 aromatic heterocycles. The lowest BCUT2D eigenvalue weighted by atomic mass is 10.1. The second kappa shape index (κ2) is 6.72. The molecule has 110 valence electrons. The minimum atomic E-state index is -0.542. The number of carbonyl (C=O) groups is 1. The fraction of sp³-hybridized carbons (Fsp3) is 0.188. The molecule has 21 heavy (non-hydrogen) atoms. The van der Waals surface area contributed by atoms with E-state index >= 15 is 0 Å². The van der Waals surface area contributed by atoms with Gasteiger partial charge in [-0.25, -0.2) is 4.39 Å². The van der Waals surface area contributed by atoms with Gasteiger partial charge in [0.2, 0.25) is 0 Å². The number of halogens is 2. The molecule has 0 atom stereocenters. The number of nitrogens with two attached hydrogens (primary N) is 1. The molecule has 0 bridgehead atoms. The smallest absolute Gasteiger partial charge is 0.262 e. The third-order valence-corrected chi connectivity index (χ3v) is 3.71. The Morgan fingerprint density at radius 3 is 2.62 bits per heavy atom. The Morgan fingerprint density at radius 1 is 1.29 bits per heavy atom. The van der Waals surface area contributed by atoms with Crippen molar-refractivity contribution in [2.24, 2.45) is 0 Å². The van der Waals surface area contributed by atoms with E-state index in [2.05, 4.69) is 15.9 Å². The molecule has 0 fully saturated rings. The van der Waals surface area contributed by atoms with Crippen LogP contribution in [0.15, 0.2) is 46.9 Å². The Kier molecular flexibility index (Phi) is 4.96. The summed E-state index contributed by atoms with van der Waals surface area (Å²) in [5, 5.41) is 0. The van der Waals surface area contributed by atoms with E-state index < -0.39 is 5.82 Å². The average Bonchev–Trinajstić information content (AvgIpc) is 2.44. The van der Waals surface area contributed by atoms with E-state index in [0.717, 1.165) is 6.42 Å². The highest BCUT2D eigenvalue weighted by atomic mass is 79.9. The second-order valence-corrected chi connectivity index (χ2v) is 5.50. The molecule has 1 amide bonds. The molecule has 2 aromatic carbocycles. The largest absolute Gasteiger partial charge is 0.399 e. The van der Waals surface area contributed by atoms with Crippen molar-refractivity contribution in [2.75, 3.05) is 17.2 Å². The SMILES string of the molecule is CCCN(C(=O)c1c(F)cccc1Br)c1cccc(N)c1. The first-order valence-electron chi connectivity index (χ1n) is 6.66. The Balaban J connectivity index is 2.45. The molecule has 2 N–H and O–H groups in total. The van der Waals surface area contributed by atoms with E-state index in [-0.39, 0.29) is 11.5 Å². The van der Waals surface area contributed by atoms with Crippen LogP contribution in [-0.2, 0) is 0 Å². The van der Waals surface area contributed by atoms with Crippen LogP contribution in [0.2, 0.25) is 0 Å². The van der Waals surface area contributed by atoms with E-state index in [1.54, 1.807) is 41.3 Å². The molecule has 3 nitrogen and oxygen atoms in total. The van der Waals surface area contributed by atoms with Crippen molar-refractivity contribution >= 4 is 33.2 Å². The van der Waals surface area contributed by atoms with Crippen LogP contribution >= 0.6 is 15.9 Å². The third-order valence-electron chi connectivity index (χ3n) is 3.05. The van der Waals surface area contributed by atoms with Gasteiger partial charge >= 0.3 is 0 Å². The van der Waals surface area contributed by atoms with Gasteiger partial charge in [0.25, 0.3) is 5.91 Å². The number of carbonyl (C=O) groups excluding carboxylic acids is 1. The van der Waals surface area contributed by atoms with Crippen LogP contribution in [0.5, 0.6) is 0 Å². The van der Waals surface area contributed by atoms with Crippen LogP contribution < -0.4 is 10.6 Å². The first-order valence-corrected chi connectivity index (χ1v) is 7.45. The van der Waals surface area contributed by atoms with Gasteiger partial charge in [0, 0.05) is 22.4 Å². The Bertz CT molecular complexity index is 640. The molecule has 0 spiro atoms. The summed E-state index contributed by atoms with van der Waals surface area (Å²) in [6, 6.07) is 11.5. The van der Waals surface area contributed by atoms with Crippen molar-refractivity contribution in [1.29, 1.82) is 0 Å². The number of anilines is 2. The first kappa shape index (κ1) is 15.5. The topological polar surface area (TPSA) is 46.3 Å². The van der Waals surface area contributed by atoms with E-state index in [1.165, 1.54) is 6.07 Å². The normalized spacial score (nSPS) is 10.4. The maximum atomic E-state index is 14.0. The Labute approximate surface area is 131 Å². The van der Waals surface area contributed by atoms with Crippen molar-refractivity contribution < 1.29 is 9.18 Å². The van der Waals surface area contributed by atoms with Crippen LogP contribution in [0, 0.1) is 5.82 Å². The van der Waals surface area contributed by atoms with E-state index in [4.69, 9.17) is 5.73 Å². The third kappa shape index (κ3) is 3.42. The van der Waals surface area contributed by atoms with E-state index in [9.17, 15) is 9.18 Å². The molecule has 5 heteroatoms. The van der Waals surface area contributed by atoms with Crippen LogP contribution in [-0.4, -0.2) is 12.5 Å². The molecule has 0 aliphatic rings. The molecule has 0 saturated carbocycles. The summed E-state index contributed by atoms with van der Waals surface area (Å²) >= 11 is 3.24. The number of hydrogen-bond donors (Lipinski definition) is 1. The van der Waals surface area contributed by atoms with Crippen LogP contribution in [0.1, 0.15) is 23.7 Å². The zero-order valence-electron chi connectivity index (χ0n) is 11.6. The maximum absolute atomic E-state index is 14.0. The molecular formula is C16H16BrFN2O. The fourth-order valence-electron chi connectivity index (χ4n) is 2.10. The van der Waals surface area contributed by atoms with Gasteiger partial charge in [-0.05, 0) is 52.7 Å². The lowest BCUT2D eigenvalue weighted by Gasteiger charge is -2.23. The summed E-state index contributed by atoms with van der Waals surface area (Å²) in [6.07, 6.45) is 0.757. The van der Waals surface area contributed by atoms with Crippen molar-refractivity contribution in [3.63, 3.8) is 0 Å². The highest BCUT2D eigenvalue weighted by Gasteiger charge is 2.22. The van der Waals surface area contributed by atoms with Gasteiger partial charge in [-0.1, -0.05) is 19.1 Å². The summed E-state index contributed by atoms with van der Waals surface area (Å²) in [5.41, 5.74) is 7.03. The van der Waals surface area contributed by atoms with Crippen molar-refractivity contribution in [3.05, 3.63) is 58.3 Å². The molecule has 0 heterocycles. The van der Waals surface area contributed by atoms with Gasteiger partial charge in [-0.2, -0.15) is 0 Å². The zero-order valence-corrected chi connectivity index (χ0v) is 13.2. The molecule has 0 saturated heterocycles. The molecule has 2 aromatic rings. The molecule has 0 unspecified atom stereocenters. The monoisotopic (exact) mass is 350 g/mol. The van der Waals surface area contributed by atoms with Crippen molar-refractivity contribution in [3.8, 4) is 0 Å². The Morgan fingerprint density at radius 2 is 2.00 bits per heavy atom. The summed E-state index contributed by atoms with van der Waals surface area (Å²) in [5.74, 6) is -0.924. The minimum Gasteiger partial charge on any atom is -0.399 e. The number of nitrogen functional groups attached to an aromatic ring is 1. The molecule has 2 rings (SSSR count). The summed E-state index contributed by atoms with van der Waals surface area (Å²) in [6.45, 7) is 2.45. The van der Waals surface area contributed by atoms with Gasteiger partial charge in [-0.3, -0.25) is 4.79 Å². The molecule has 0 radical (unpaired) electrons. The van der Waals surface area contributed by atoms with Gasteiger partial charge in [0.15, 0.2) is 0 Å². The van der Waals surface area contributed by atoms with Crippen molar-refractivity contribution in [1.82, 2.24) is 0 Å². The lowest BCUT2D eigenvalue weighted by molar-refractivity contribution is 0.0982. The predicted molar refractivity (Wildman–Crippen MR) is 86.9 cm³/mol. The zero-order chi connectivity index (χ0) is 15.4. The number of hydrogen-bond acceptors (Lipinski definition) is 2. The fourth-order valence-corrected chi connectivity index (χ4v) is 2.61.